The van der Waals surface area contributed by atoms with Gasteiger partial charge in [-0.3, -0.25) is 4.79 Å². The van der Waals surface area contributed by atoms with E-state index in [4.69, 9.17) is 0 Å². The number of carbonyl (C=O) groups excluding carboxylic acids is 1. The predicted octanol–water partition coefficient (Wildman–Crippen LogP) is 2.96. The zero-order chi connectivity index (χ0) is 14.8. The molecule has 2 aliphatic heterocycles. The molecule has 2 rings (SSSR count). The Hall–Kier alpha value is -0.870. The van der Waals surface area contributed by atoms with Crippen molar-refractivity contribution in [2.24, 2.45) is 0 Å². The van der Waals surface area contributed by atoms with Gasteiger partial charge in [0.1, 0.15) is 0 Å². The third-order valence-corrected chi connectivity index (χ3v) is 5.72. The van der Waals surface area contributed by atoms with Crippen molar-refractivity contribution in [3.05, 3.63) is 23.1 Å². The van der Waals surface area contributed by atoms with E-state index in [1.807, 2.05) is 0 Å². The Morgan fingerprint density at radius 2 is 1.81 bits per heavy atom. The molecular weight excluding hydrogens is 280 g/mol. The number of nitrogens with one attached hydrogen (secondary N) is 2. The van der Waals surface area contributed by atoms with E-state index in [9.17, 15) is 4.79 Å². The molecule has 118 valence electrons. The first-order valence-corrected chi connectivity index (χ1v) is 9.75. The zero-order valence-electron chi connectivity index (χ0n) is 12.9. The summed E-state index contributed by atoms with van der Waals surface area (Å²) in [6, 6.07) is 0. The Morgan fingerprint density at radius 3 is 2.71 bits per heavy atom. The number of hydrogen-bond acceptors (Lipinski definition) is 2. The monoisotopic (exact) mass is 308 g/mol. The van der Waals surface area contributed by atoms with Crippen molar-refractivity contribution in [1.82, 2.24) is 10.6 Å². The number of fused-ring (bicyclic) bond motifs is 1. The van der Waals surface area contributed by atoms with Crippen LogP contribution in [0.2, 0.25) is 0 Å². The zero-order valence-corrected chi connectivity index (χ0v) is 13.7. The van der Waals surface area contributed by atoms with Crippen molar-refractivity contribution in [3.63, 3.8) is 0 Å². The van der Waals surface area contributed by atoms with Gasteiger partial charge in [0, 0.05) is 13.0 Å². The van der Waals surface area contributed by atoms with Crippen molar-refractivity contribution in [2.75, 3.05) is 25.4 Å². The van der Waals surface area contributed by atoms with Gasteiger partial charge in [-0.1, -0.05) is 18.6 Å². The molecule has 0 aromatic rings. The van der Waals surface area contributed by atoms with Crippen LogP contribution in [0, 0.1) is 0 Å². The van der Waals surface area contributed by atoms with E-state index in [-0.39, 0.29) is 5.91 Å². The number of amides is 1. The predicted molar refractivity (Wildman–Crippen MR) is 93.9 cm³/mol. The van der Waals surface area contributed by atoms with Gasteiger partial charge in [-0.25, -0.2) is 0 Å². The highest BCUT2D eigenvalue weighted by atomic mass is 32.2. The third kappa shape index (κ3) is 7.09. The standard InChI is InChI=1S/C17H28N2OS/c20-17-8-2-4-11-18-10-3-1-5-13-21-14-6-7-16(15-21)9-12-19-17/h6-7,14-15,18H,1-5,8-13H2,(H,19,20). The van der Waals surface area contributed by atoms with Crippen LogP contribution in [0.3, 0.4) is 0 Å². The first-order chi connectivity index (χ1) is 10.3. The fourth-order valence-corrected chi connectivity index (χ4v) is 4.33. The maximum atomic E-state index is 11.7. The van der Waals surface area contributed by atoms with Crippen molar-refractivity contribution in [1.29, 1.82) is 0 Å². The molecule has 0 radical (unpaired) electrons. The molecule has 1 amide bonds. The van der Waals surface area contributed by atoms with E-state index in [0.29, 0.717) is 16.9 Å². The van der Waals surface area contributed by atoms with Gasteiger partial charge in [-0.05, 0) is 67.3 Å². The molecule has 2 aliphatic rings. The smallest absolute Gasteiger partial charge is 0.220 e. The van der Waals surface area contributed by atoms with E-state index in [0.717, 1.165) is 38.9 Å². The fourth-order valence-electron chi connectivity index (χ4n) is 2.60. The van der Waals surface area contributed by atoms with Gasteiger partial charge in [0.2, 0.25) is 5.91 Å². The lowest BCUT2D eigenvalue weighted by Gasteiger charge is -2.11. The van der Waals surface area contributed by atoms with Gasteiger partial charge in [-0.2, -0.15) is 10.5 Å². The van der Waals surface area contributed by atoms with Crippen LogP contribution >= 0.6 is 10.5 Å². The molecule has 2 N–H and O–H groups in total. The van der Waals surface area contributed by atoms with Crippen molar-refractivity contribution in [3.8, 4) is 0 Å². The van der Waals surface area contributed by atoms with Crippen LogP contribution in [0.15, 0.2) is 23.1 Å². The summed E-state index contributed by atoms with van der Waals surface area (Å²) in [5, 5.41) is 11.2. The molecule has 2 bridgehead atoms. The summed E-state index contributed by atoms with van der Waals surface area (Å²) in [5.41, 5.74) is 1.38. The average molecular weight is 308 g/mol. The van der Waals surface area contributed by atoms with Crippen LogP contribution in [0.4, 0.5) is 0 Å². The van der Waals surface area contributed by atoms with Gasteiger partial charge in [-0.15, -0.1) is 0 Å². The molecule has 2 heterocycles. The molecule has 0 aromatic heterocycles. The minimum atomic E-state index is 0.199. The quantitative estimate of drug-likeness (QED) is 0.676. The maximum absolute atomic E-state index is 11.7. The minimum absolute atomic E-state index is 0.199. The Balaban J connectivity index is 1.84. The molecule has 1 unspecified atom stereocenters. The summed E-state index contributed by atoms with van der Waals surface area (Å²) in [5.74, 6) is 1.48. The summed E-state index contributed by atoms with van der Waals surface area (Å²) in [4.78, 5) is 11.7. The first-order valence-electron chi connectivity index (χ1n) is 8.23. The molecule has 21 heavy (non-hydrogen) atoms. The maximum Gasteiger partial charge on any atom is 0.220 e. The van der Waals surface area contributed by atoms with Crippen LogP contribution in [0.25, 0.3) is 0 Å². The lowest BCUT2D eigenvalue weighted by molar-refractivity contribution is -0.121. The number of hydrogen-bond donors (Lipinski definition) is 2. The summed E-state index contributed by atoms with van der Waals surface area (Å²) in [6.07, 6.45) is 12.0. The number of carbonyl (C=O) groups is 1. The number of rotatable bonds is 0. The molecular formula is C17H28N2OS. The third-order valence-electron chi connectivity index (χ3n) is 3.84. The minimum Gasteiger partial charge on any atom is -0.356 e. The highest BCUT2D eigenvalue weighted by Crippen LogP contribution is 2.24. The van der Waals surface area contributed by atoms with E-state index in [2.05, 4.69) is 33.6 Å². The molecule has 4 heteroatoms. The summed E-state index contributed by atoms with van der Waals surface area (Å²) in [7, 11) is 0.307. The highest BCUT2D eigenvalue weighted by Gasteiger charge is 2.04. The van der Waals surface area contributed by atoms with E-state index >= 15 is 0 Å². The first kappa shape index (κ1) is 16.5. The van der Waals surface area contributed by atoms with Gasteiger partial charge >= 0.3 is 0 Å². The lowest BCUT2D eigenvalue weighted by Crippen LogP contribution is -2.24. The van der Waals surface area contributed by atoms with Crippen LogP contribution in [-0.4, -0.2) is 36.7 Å². The molecule has 1 atom stereocenters. The van der Waals surface area contributed by atoms with Crippen LogP contribution in [0.1, 0.15) is 44.9 Å². The molecule has 3 nitrogen and oxygen atoms in total. The summed E-state index contributed by atoms with van der Waals surface area (Å²) in [6.45, 7) is 2.93. The van der Waals surface area contributed by atoms with Crippen molar-refractivity contribution >= 4 is 21.8 Å². The molecule has 0 aromatic carbocycles. The van der Waals surface area contributed by atoms with Crippen molar-refractivity contribution in [2.45, 2.75) is 44.9 Å². The molecule has 0 aliphatic carbocycles. The van der Waals surface area contributed by atoms with E-state index < -0.39 is 0 Å². The second kappa shape index (κ2) is 9.96. The van der Waals surface area contributed by atoms with Crippen LogP contribution in [-0.2, 0) is 4.79 Å². The van der Waals surface area contributed by atoms with Crippen molar-refractivity contribution < 1.29 is 4.79 Å². The average Bonchev–Trinajstić information content (AvgIpc) is 2.49. The van der Waals surface area contributed by atoms with Gasteiger partial charge < -0.3 is 10.6 Å². The molecule has 0 saturated carbocycles. The number of allylic oxidation sites excluding steroid dienone is 2. The van der Waals surface area contributed by atoms with Gasteiger partial charge in [0.15, 0.2) is 0 Å². The fraction of sp³-hybridized carbons (Fsp3) is 0.647. The lowest BCUT2D eigenvalue weighted by atomic mass is 10.2. The Kier molecular flexibility index (Phi) is 7.82. The summed E-state index contributed by atoms with van der Waals surface area (Å²) < 4.78 is 0. The highest BCUT2D eigenvalue weighted by molar-refractivity contribution is 8.17. The SMILES string of the molecule is O=C1CCCCNCCCCCS2=CC=CC(=C2)CCN1. The van der Waals surface area contributed by atoms with Gasteiger partial charge in [0.05, 0.1) is 0 Å². The Labute approximate surface area is 131 Å². The van der Waals surface area contributed by atoms with E-state index in [1.54, 1.807) is 0 Å². The topological polar surface area (TPSA) is 41.1 Å². The van der Waals surface area contributed by atoms with E-state index in [1.165, 1.54) is 30.6 Å². The Bertz CT molecular complexity index is 427. The molecule has 0 saturated heterocycles. The second-order valence-corrected chi connectivity index (χ2v) is 7.58. The van der Waals surface area contributed by atoms with Crippen LogP contribution < -0.4 is 10.6 Å². The second-order valence-electron chi connectivity index (χ2n) is 5.73. The summed E-state index contributed by atoms with van der Waals surface area (Å²) >= 11 is 0. The molecule has 0 spiro atoms. The molecule has 0 fully saturated rings. The largest absolute Gasteiger partial charge is 0.356 e. The normalized spacial score (nSPS) is 26.2. The van der Waals surface area contributed by atoms with Crippen LogP contribution in [0.5, 0.6) is 0 Å². The Morgan fingerprint density at radius 1 is 0.952 bits per heavy atom. The van der Waals surface area contributed by atoms with Gasteiger partial charge in [0.25, 0.3) is 0 Å².